The molecule has 0 bridgehead atoms. The number of hydrogen-bond acceptors (Lipinski definition) is 7. The minimum absolute atomic E-state index is 0.0566. The smallest absolute Gasteiger partial charge is 0.244 e. The van der Waals surface area contributed by atoms with E-state index < -0.39 is 12.4 Å². The van der Waals surface area contributed by atoms with E-state index in [0.29, 0.717) is 35.5 Å². The van der Waals surface area contributed by atoms with Gasteiger partial charge in [0, 0.05) is 30.3 Å². The molecule has 0 unspecified atom stereocenters. The predicted molar refractivity (Wildman–Crippen MR) is 114 cm³/mol. The molecule has 0 saturated carbocycles. The largest absolute Gasteiger partial charge is 0.471 e. The molecule has 1 saturated heterocycles. The lowest BCUT2D eigenvalue weighted by Crippen LogP contribution is -2.26. The maximum Gasteiger partial charge on any atom is 0.244 e. The van der Waals surface area contributed by atoms with Crippen molar-refractivity contribution in [1.82, 2.24) is 15.2 Å². The fourth-order valence-electron chi connectivity index (χ4n) is 3.58. The lowest BCUT2D eigenvalue weighted by atomic mass is 10.1. The number of halogens is 2. The van der Waals surface area contributed by atoms with Crippen LogP contribution in [0, 0.1) is 5.82 Å². The van der Waals surface area contributed by atoms with Gasteiger partial charge in [-0.25, -0.2) is 9.37 Å². The molecule has 162 valence electrons. The van der Waals surface area contributed by atoms with Gasteiger partial charge in [0.15, 0.2) is 0 Å². The van der Waals surface area contributed by atoms with Crippen LogP contribution in [0.2, 0.25) is 5.02 Å². The van der Waals surface area contributed by atoms with Crippen molar-refractivity contribution in [2.45, 2.75) is 32.5 Å². The topological polar surface area (TPSA) is 80.6 Å². The number of benzene rings is 1. The number of anilines is 1. The highest BCUT2D eigenvalue weighted by Crippen LogP contribution is 2.33. The number of ether oxygens (including phenoxy) is 2. The quantitative estimate of drug-likeness (QED) is 0.585. The summed E-state index contributed by atoms with van der Waals surface area (Å²) in [5, 5.41) is 18.0. The second-order valence-electron chi connectivity index (χ2n) is 7.15. The fraction of sp³-hybridized carbons (Fsp3) is 0.318. The summed E-state index contributed by atoms with van der Waals surface area (Å²) < 4.78 is 25.5. The van der Waals surface area contributed by atoms with Gasteiger partial charge in [0.05, 0.1) is 25.0 Å². The van der Waals surface area contributed by atoms with Crippen LogP contribution >= 0.6 is 11.6 Å². The normalized spacial score (nSPS) is 15.9. The summed E-state index contributed by atoms with van der Waals surface area (Å²) in [6, 6.07) is 7.73. The lowest BCUT2D eigenvalue weighted by Gasteiger charge is -2.22. The van der Waals surface area contributed by atoms with E-state index in [2.05, 4.69) is 20.1 Å². The SMILES string of the molecule is CCc1c(N2CC[C@H](Oc3ncccc3Cl)C2)cnnc1Oc1ccc(F)c(CO)c1. The van der Waals surface area contributed by atoms with Crippen LogP contribution in [0.1, 0.15) is 24.5 Å². The third-order valence-electron chi connectivity index (χ3n) is 5.14. The van der Waals surface area contributed by atoms with Gasteiger partial charge in [-0.15, -0.1) is 5.10 Å². The molecule has 1 aliphatic heterocycles. The summed E-state index contributed by atoms with van der Waals surface area (Å²) in [7, 11) is 0. The summed E-state index contributed by atoms with van der Waals surface area (Å²) in [6.07, 6.45) is 4.79. The lowest BCUT2D eigenvalue weighted by molar-refractivity contribution is 0.216. The van der Waals surface area contributed by atoms with Crippen molar-refractivity contribution in [3.8, 4) is 17.5 Å². The van der Waals surface area contributed by atoms with Crippen LogP contribution in [0.3, 0.4) is 0 Å². The van der Waals surface area contributed by atoms with Crippen LogP contribution in [0.25, 0.3) is 0 Å². The molecule has 31 heavy (non-hydrogen) atoms. The van der Waals surface area contributed by atoms with E-state index in [4.69, 9.17) is 21.1 Å². The van der Waals surface area contributed by atoms with Gasteiger partial charge < -0.3 is 19.5 Å². The van der Waals surface area contributed by atoms with Gasteiger partial charge in [0.2, 0.25) is 11.8 Å². The van der Waals surface area contributed by atoms with Crippen LogP contribution in [0.4, 0.5) is 10.1 Å². The van der Waals surface area contributed by atoms with Crippen molar-refractivity contribution in [1.29, 1.82) is 0 Å². The maximum atomic E-state index is 13.7. The minimum Gasteiger partial charge on any atom is -0.471 e. The summed E-state index contributed by atoms with van der Waals surface area (Å²) in [6.45, 7) is 3.02. The Labute approximate surface area is 184 Å². The maximum absolute atomic E-state index is 13.7. The molecule has 0 spiro atoms. The average Bonchev–Trinajstić information content (AvgIpc) is 3.25. The van der Waals surface area contributed by atoms with E-state index in [0.717, 1.165) is 24.2 Å². The van der Waals surface area contributed by atoms with Crippen molar-refractivity contribution >= 4 is 17.3 Å². The molecule has 3 heterocycles. The number of hydrogen-bond donors (Lipinski definition) is 1. The average molecular weight is 445 g/mol. The van der Waals surface area contributed by atoms with Gasteiger partial charge in [-0.3, -0.25) is 0 Å². The summed E-state index contributed by atoms with van der Waals surface area (Å²) in [4.78, 5) is 6.37. The Bertz CT molecular complexity index is 1070. The van der Waals surface area contributed by atoms with Gasteiger partial charge in [-0.1, -0.05) is 18.5 Å². The second-order valence-corrected chi connectivity index (χ2v) is 7.55. The summed E-state index contributed by atoms with van der Waals surface area (Å²) in [5.41, 5.74) is 1.96. The Hall–Kier alpha value is -2.97. The van der Waals surface area contributed by atoms with Gasteiger partial charge in [-0.2, -0.15) is 5.10 Å². The van der Waals surface area contributed by atoms with Crippen LogP contribution in [0.15, 0.2) is 42.7 Å². The van der Waals surface area contributed by atoms with E-state index in [1.165, 1.54) is 18.2 Å². The standard InChI is InChI=1S/C22H22ClFN4O3/c1-2-17-20(28-9-7-16(12-28)31-22-18(23)4-3-8-25-22)11-26-27-21(17)30-15-5-6-19(24)14(10-15)13-29/h3-6,8,10-11,16,29H,2,7,9,12-13H2,1H3/t16-/m0/s1. The molecular formula is C22H22ClFN4O3. The van der Waals surface area contributed by atoms with Crippen molar-refractivity contribution in [2.24, 2.45) is 0 Å². The van der Waals surface area contributed by atoms with Gasteiger partial charge in [-0.05, 0) is 36.8 Å². The van der Waals surface area contributed by atoms with Crippen molar-refractivity contribution in [2.75, 3.05) is 18.0 Å². The van der Waals surface area contributed by atoms with Gasteiger partial charge >= 0.3 is 0 Å². The zero-order valence-corrected chi connectivity index (χ0v) is 17.7. The Balaban J connectivity index is 1.52. The fourth-order valence-corrected chi connectivity index (χ4v) is 3.74. The summed E-state index contributed by atoms with van der Waals surface area (Å²) >= 11 is 6.16. The van der Waals surface area contributed by atoms with Gasteiger partial charge in [0.25, 0.3) is 0 Å². The molecule has 0 aliphatic carbocycles. The van der Waals surface area contributed by atoms with E-state index in [-0.39, 0.29) is 11.7 Å². The number of aliphatic hydroxyl groups is 1. The molecule has 1 fully saturated rings. The first-order chi connectivity index (χ1) is 15.1. The van der Waals surface area contributed by atoms with Gasteiger partial charge in [0.1, 0.15) is 22.7 Å². The van der Waals surface area contributed by atoms with Crippen molar-refractivity contribution in [3.05, 3.63) is 64.7 Å². The molecule has 3 aromatic rings. The zero-order chi connectivity index (χ0) is 21.8. The number of pyridine rings is 1. The first kappa shape index (κ1) is 21.3. The predicted octanol–water partition coefficient (Wildman–Crippen LogP) is 4.17. The molecule has 0 radical (unpaired) electrons. The van der Waals surface area contributed by atoms with Crippen LogP contribution in [-0.4, -0.2) is 39.5 Å². The Morgan fingerprint density at radius 2 is 2.16 bits per heavy atom. The molecule has 9 heteroatoms. The monoisotopic (exact) mass is 444 g/mol. The van der Waals surface area contributed by atoms with Crippen LogP contribution in [0.5, 0.6) is 17.5 Å². The van der Waals surface area contributed by atoms with E-state index in [1.807, 2.05) is 6.92 Å². The third kappa shape index (κ3) is 4.70. The Morgan fingerprint density at radius 3 is 2.94 bits per heavy atom. The van der Waals surface area contributed by atoms with E-state index >= 15 is 0 Å². The first-order valence-electron chi connectivity index (χ1n) is 10.0. The minimum atomic E-state index is -0.485. The highest BCUT2D eigenvalue weighted by molar-refractivity contribution is 6.31. The first-order valence-corrected chi connectivity index (χ1v) is 10.4. The number of rotatable bonds is 7. The highest BCUT2D eigenvalue weighted by atomic mass is 35.5. The molecule has 4 rings (SSSR count). The highest BCUT2D eigenvalue weighted by Gasteiger charge is 2.28. The second kappa shape index (κ2) is 9.45. The van der Waals surface area contributed by atoms with Crippen molar-refractivity contribution < 1.29 is 19.0 Å². The zero-order valence-electron chi connectivity index (χ0n) is 17.0. The molecule has 1 aliphatic rings. The Morgan fingerprint density at radius 1 is 1.29 bits per heavy atom. The number of nitrogens with zero attached hydrogens (tertiary/aromatic N) is 4. The third-order valence-corrected chi connectivity index (χ3v) is 5.43. The molecular weight excluding hydrogens is 423 g/mol. The number of aromatic nitrogens is 3. The molecule has 1 N–H and O–H groups in total. The van der Waals surface area contributed by atoms with Crippen LogP contribution in [-0.2, 0) is 13.0 Å². The number of aliphatic hydroxyl groups excluding tert-OH is 1. The molecule has 7 nitrogen and oxygen atoms in total. The summed E-state index contributed by atoms with van der Waals surface area (Å²) in [5.74, 6) is 0.688. The van der Waals surface area contributed by atoms with E-state index in [1.54, 1.807) is 24.5 Å². The Kier molecular flexibility index (Phi) is 6.48. The molecule has 1 aromatic carbocycles. The molecule has 2 aromatic heterocycles. The molecule has 1 atom stereocenters. The molecule has 0 amide bonds. The van der Waals surface area contributed by atoms with E-state index in [9.17, 15) is 9.50 Å². The van der Waals surface area contributed by atoms with Crippen LogP contribution < -0.4 is 14.4 Å². The van der Waals surface area contributed by atoms with Crippen molar-refractivity contribution in [3.63, 3.8) is 0 Å².